The molecule has 2 aliphatic rings. The van der Waals surface area contributed by atoms with Gasteiger partial charge in [0.15, 0.2) is 0 Å². The fourth-order valence-electron chi connectivity index (χ4n) is 2.88. The minimum atomic E-state index is -0.104. The third kappa shape index (κ3) is 5.49. The molecule has 134 valence electrons. The Balaban J connectivity index is 1.41. The molecule has 24 heavy (non-hydrogen) atoms. The smallest absolute Gasteiger partial charge is 0.221 e. The number of hydroxylamine groups is 2. The van der Waals surface area contributed by atoms with Crippen molar-refractivity contribution in [2.45, 2.75) is 44.4 Å². The summed E-state index contributed by atoms with van der Waals surface area (Å²) < 4.78 is 11.5. The van der Waals surface area contributed by atoms with E-state index in [0.29, 0.717) is 32.8 Å². The molecule has 0 radical (unpaired) electrons. The molecule has 1 aromatic rings. The Labute approximate surface area is 146 Å². The maximum atomic E-state index is 12.2. The average Bonchev–Trinajstić information content (AvgIpc) is 3.14. The molecule has 3 rings (SSSR count). The van der Waals surface area contributed by atoms with Crippen molar-refractivity contribution in [1.82, 2.24) is 15.4 Å². The van der Waals surface area contributed by atoms with E-state index in [-0.39, 0.29) is 18.1 Å². The number of hydrogen-bond acceptors (Lipinski definition) is 7. The third-order valence-corrected chi connectivity index (χ3v) is 4.87. The van der Waals surface area contributed by atoms with Gasteiger partial charge >= 0.3 is 0 Å². The minimum absolute atomic E-state index is 0.0157. The first kappa shape index (κ1) is 17.8. The fraction of sp³-hybridized carbons (Fsp3) is 0.750. The zero-order chi connectivity index (χ0) is 16.6. The van der Waals surface area contributed by atoms with Crippen molar-refractivity contribution in [2.75, 3.05) is 32.9 Å². The van der Waals surface area contributed by atoms with Gasteiger partial charge in [0, 0.05) is 31.5 Å². The van der Waals surface area contributed by atoms with Gasteiger partial charge in [-0.1, -0.05) is 0 Å². The lowest BCUT2D eigenvalue weighted by atomic mass is 10.1. The molecule has 7 nitrogen and oxygen atoms in total. The van der Waals surface area contributed by atoms with Crippen molar-refractivity contribution in [3.63, 3.8) is 0 Å². The molecule has 0 spiro atoms. The van der Waals surface area contributed by atoms with Crippen molar-refractivity contribution in [3.05, 3.63) is 16.6 Å². The molecule has 8 heteroatoms. The Kier molecular flexibility index (Phi) is 6.98. The number of carbonyl (C=O) groups excluding carboxylic acids is 1. The summed E-state index contributed by atoms with van der Waals surface area (Å²) in [6, 6.07) is -0.104. The van der Waals surface area contributed by atoms with Gasteiger partial charge in [-0.05, 0) is 19.3 Å². The number of thiazole rings is 1. The molecule has 0 unspecified atom stereocenters. The number of aromatic nitrogens is 1. The van der Waals surface area contributed by atoms with Crippen LogP contribution in [0.4, 0.5) is 0 Å². The van der Waals surface area contributed by atoms with Crippen LogP contribution >= 0.6 is 11.3 Å². The normalized spacial score (nSPS) is 25.5. The number of hydrogen-bond donors (Lipinski definition) is 1. The maximum Gasteiger partial charge on any atom is 0.221 e. The van der Waals surface area contributed by atoms with Crippen LogP contribution in [-0.2, 0) is 25.7 Å². The van der Waals surface area contributed by atoms with E-state index >= 15 is 0 Å². The predicted molar refractivity (Wildman–Crippen MR) is 89.4 cm³/mol. The van der Waals surface area contributed by atoms with Crippen molar-refractivity contribution < 1.29 is 19.1 Å². The van der Waals surface area contributed by atoms with Gasteiger partial charge in [0.25, 0.3) is 0 Å². The van der Waals surface area contributed by atoms with Crippen LogP contribution in [0.2, 0.25) is 0 Å². The van der Waals surface area contributed by atoms with Crippen LogP contribution in [0.15, 0.2) is 10.9 Å². The first-order valence-corrected chi connectivity index (χ1v) is 9.49. The lowest BCUT2D eigenvalue weighted by Gasteiger charge is -2.32. The molecular weight excluding hydrogens is 330 g/mol. The summed E-state index contributed by atoms with van der Waals surface area (Å²) in [5.74, 6) is 0.0157. The van der Waals surface area contributed by atoms with Crippen molar-refractivity contribution in [2.24, 2.45) is 0 Å². The number of carbonyl (C=O) groups is 1. The molecule has 2 aliphatic heterocycles. The Morgan fingerprint density at radius 2 is 2.42 bits per heavy atom. The molecule has 1 aromatic heterocycles. The van der Waals surface area contributed by atoms with Crippen LogP contribution in [0.25, 0.3) is 0 Å². The van der Waals surface area contributed by atoms with E-state index in [4.69, 9.17) is 14.3 Å². The van der Waals surface area contributed by atoms with Crippen molar-refractivity contribution in [1.29, 1.82) is 0 Å². The second-order valence-electron chi connectivity index (χ2n) is 6.09. The van der Waals surface area contributed by atoms with E-state index in [0.717, 1.165) is 38.1 Å². The van der Waals surface area contributed by atoms with Gasteiger partial charge in [0.2, 0.25) is 5.91 Å². The van der Waals surface area contributed by atoms with Crippen molar-refractivity contribution >= 4 is 17.2 Å². The quantitative estimate of drug-likeness (QED) is 0.796. The largest absolute Gasteiger partial charge is 0.379 e. The van der Waals surface area contributed by atoms with Crippen LogP contribution in [-0.4, -0.2) is 61.0 Å². The van der Waals surface area contributed by atoms with Crippen LogP contribution in [0.5, 0.6) is 0 Å². The van der Waals surface area contributed by atoms with Gasteiger partial charge in [-0.3, -0.25) is 9.63 Å². The van der Waals surface area contributed by atoms with Gasteiger partial charge in [0.05, 0.1) is 43.2 Å². The van der Waals surface area contributed by atoms with E-state index < -0.39 is 0 Å². The molecule has 2 saturated heterocycles. The first-order chi connectivity index (χ1) is 11.8. The maximum absolute atomic E-state index is 12.2. The highest BCUT2D eigenvalue weighted by Crippen LogP contribution is 2.15. The molecule has 0 saturated carbocycles. The second kappa shape index (κ2) is 9.43. The standard InChI is InChI=1S/C16H25N3O4S/c20-16(3-6-19-5-1-2-7-23-19)18-14-10-21-8-4-15(14)22-9-13-11-24-12-17-13/h11-12,14-15H,1-10H2,(H,18,20)/t14-,15+/m1/s1. The number of rotatable bonds is 7. The number of amides is 1. The van der Waals surface area contributed by atoms with Gasteiger partial charge in [-0.25, -0.2) is 4.98 Å². The average molecular weight is 355 g/mol. The summed E-state index contributed by atoms with van der Waals surface area (Å²) in [6.07, 6.45) is 3.40. The lowest BCUT2D eigenvalue weighted by molar-refractivity contribution is -0.181. The van der Waals surface area contributed by atoms with Gasteiger partial charge < -0.3 is 14.8 Å². The molecule has 3 heterocycles. The molecular formula is C16H25N3O4S. The highest BCUT2D eigenvalue weighted by molar-refractivity contribution is 7.07. The fourth-order valence-corrected chi connectivity index (χ4v) is 3.43. The van der Waals surface area contributed by atoms with Gasteiger partial charge in [-0.15, -0.1) is 11.3 Å². The predicted octanol–water partition coefficient (Wildman–Crippen LogP) is 1.35. The molecule has 0 aliphatic carbocycles. The van der Waals surface area contributed by atoms with Crippen LogP contribution in [0, 0.1) is 0 Å². The molecule has 1 N–H and O–H groups in total. The molecule has 0 bridgehead atoms. The number of nitrogens with zero attached hydrogens (tertiary/aromatic N) is 2. The van der Waals surface area contributed by atoms with E-state index in [1.165, 1.54) is 0 Å². The molecule has 2 atom stereocenters. The minimum Gasteiger partial charge on any atom is -0.379 e. The van der Waals surface area contributed by atoms with Gasteiger partial charge in [-0.2, -0.15) is 5.06 Å². The summed E-state index contributed by atoms with van der Waals surface area (Å²) in [7, 11) is 0. The third-order valence-electron chi connectivity index (χ3n) is 4.23. The number of ether oxygens (including phenoxy) is 2. The van der Waals surface area contributed by atoms with Crippen LogP contribution in [0.3, 0.4) is 0 Å². The number of nitrogens with one attached hydrogen (secondary N) is 1. The second-order valence-corrected chi connectivity index (χ2v) is 6.80. The topological polar surface area (TPSA) is 72.9 Å². The Morgan fingerprint density at radius 1 is 1.46 bits per heavy atom. The summed E-state index contributed by atoms with van der Waals surface area (Å²) in [6.45, 7) is 3.92. The lowest BCUT2D eigenvalue weighted by Crippen LogP contribution is -2.51. The van der Waals surface area contributed by atoms with Crippen LogP contribution < -0.4 is 5.32 Å². The molecule has 1 amide bonds. The Hall–Kier alpha value is -1.06. The summed E-state index contributed by atoms with van der Waals surface area (Å²) in [5, 5.41) is 6.91. The highest BCUT2D eigenvalue weighted by Gasteiger charge is 2.28. The zero-order valence-corrected chi connectivity index (χ0v) is 14.6. The van der Waals surface area contributed by atoms with E-state index in [9.17, 15) is 4.79 Å². The Bertz CT molecular complexity index is 494. The van der Waals surface area contributed by atoms with E-state index in [2.05, 4.69) is 10.3 Å². The molecule has 2 fully saturated rings. The zero-order valence-electron chi connectivity index (χ0n) is 13.8. The summed E-state index contributed by atoms with van der Waals surface area (Å²) in [5.41, 5.74) is 2.73. The van der Waals surface area contributed by atoms with Gasteiger partial charge in [0.1, 0.15) is 0 Å². The van der Waals surface area contributed by atoms with E-state index in [1.807, 2.05) is 10.4 Å². The monoisotopic (exact) mass is 355 g/mol. The SMILES string of the molecule is O=C(CCN1CCCCO1)N[C@@H]1COCC[C@@H]1OCc1cscn1. The summed E-state index contributed by atoms with van der Waals surface area (Å²) >= 11 is 1.56. The van der Waals surface area contributed by atoms with Crippen molar-refractivity contribution in [3.8, 4) is 0 Å². The molecule has 0 aromatic carbocycles. The Morgan fingerprint density at radius 3 is 3.21 bits per heavy atom. The van der Waals surface area contributed by atoms with Crippen LogP contribution in [0.1, 0.15) is 31.4 Å². The van der Waals surface area contributed by atoms with E-state index in [1.54, 1.807) is 16.8 Å². The summed E-state index contributed by atoms with van der Waals surface area (Å²) in [4.78, 5) is 22.0. The highest BCUT2D eigenvalue weighted by atomic mass is 32.1. The first-order valence-electron chi connectivity index (χ1n) is 8.55.